The summed E-state index contributed by atoms with van der Waals surface area (Å²) in [7, 11) is 1.81. The minimum absolute atomic E-state index is 0. The van der Waals surface area contributed by atoms with E-state index in [2.05, 4.69) is 44.8 Å². The van der Waals surface area contributed by atoms with Gasteiger partial charge in [-0.1, -0.05) is 18.2 Å². The standard InChI is InChI=1S/C21H24N4O2.HI/c1-22-21(25-12-10-15-4-2-3-5-19(15)25)23-11-13-27-17-7-8-18-16(14-17)6-9-20(26)24-18;/h2-5,7-8,14H,6,9-13H2,1H3,(H,22,23)(H,24,26);1H. The molecular formula is C21H25IN4O2. The second-order valence-electron chi connectivity index (χ2n) is 6.72. The average molecular weight is 492 g/mol. The third kappa shape index (κ3) is 4.40. The molecule has 0 saturated carbocycles. The summed E-state index contributed by atoms with van der Waals surface area (Å²) in [6.45, 7) is 2.15. The molecule has 2 aliphatic rings. The number of aliphatic imine (C=N–C) groups is 1. The van der Waals surface area contributed by atoms with Crippen LogP contribution in [0.15, 0.2) is 47.5 Å². The molecule has 1 amide bonds. The Morgan fingerprint density at radius 2 is 2.04 bits per heavy atom. The van der Waals surface area contributed by atoms with E-state index in [-0.39, 0.29) is 29.9 Å². The number of nitrogens with one attached hydrogen (secondary N) is 2. The van der Waals surface area contributed by atoms with E-state index in [9.17, 15) is 4.79 Å². The molecule has 7 heteroatoms. The number of carbonyl (C=O) groups excluding carboxylic acids is 1. The van der Waals surface area contributed by atoms with E-state index in [0.717, 1.165) is 42.3 Å². The molecule has 2 aliphatic heterocycles. The third-order valence-electron chi connectivity index (χ3n) is 4.98. The number of ether oxygens (including phenoxy) is 1. The van der Waals surface area contributed by atoms with E-state index in [1.807, 2.05) is 25.2 Å². The normalized spacial score (nSPS) is 15.2. The van der Waals surface area contributed by atoms with Gasteiger partial charge in [0.05, 0.1) is 6.54 Å². The van der Waals surface area contributed by atoms with E-state index in [0.29, 0.717) is 19.6 Å². The van der Waals surface area contributed by atoms with E-state index in [1.165, 1.54) is 11.3 Å². The Bertz CT molecular complexity index is 884. The number of benzene rings is 2. The fourth-order valence-corrected chi connectivity index (χ4v) is 3.63. The van der Waals surface area contributed by atoms with Gasteiger partial charge in [-0.15, -0.1) is 24.0 Å². The van der Waals surface area contributed by atoms with Crippen LogP contribution >= 0.6 is 24.0 Å². The highest BCUT2D eigenvalue weighted by Crippen LogP contribution is 2.28. The minimum atomic E-state index is 0. The molecule has 0 saturated heterocycles. The Morgan fingerprint density at radius 3 is 2.89 bits per heavy atom. The Labute approximate surface area is 182 Å². The minimum Gasteiger partial charge on any atom is -0.492 e. The molecule has 28 heavy (non-hydrogen) atoms. The SMILES string of the molecule is CN=C(NCCOc1ccc2c(c1)CCC(=O)N2)N1CCc2ccccc21.I. The smallest absolute Gasteiger partial charge is 0.224 e. The lowest BCUT2D eigenvalue weighted by molar-refractivity contribution is -0.116. The van der Waals surface area contributed by atoms with Gasteiger partial charge in [0.1, 0.15) is 12.4 Å². The van der Waals surface area contributed by atoms with Crippen molar-refractivity contribution >= 4 is 47.2 Å². The number of para-hydroxylation sites is 1. The molecule has 0 unspecified atom stereocenters. The summed E-state index contributed by atoms with van der Waals surface area (Å²) < 4.78 is 5.88. The predicted octanol–water partition coefficient (Wildman–Crippen LogP) is 3.21. The number of rotatable bonds is 4. The molecule has 2 aromatic carbocycles. The zero-order chi connectivity index (χ0) is 18.6. The van der Waals surface area contributed by atoms with Gasteiger partial charge in [-0.05, 0) is 48.2 Å². The molecule has 148 valence electrons. The molecule has 0 aliphatic carbocycles. The van der Waals surface area contributed by atoms with Crippen LogP contribution in [0.5, 0.6) is 5.75 Å². The van der Waals surface area contributed by atoms with E-state index in [1.54, 1.807) is 0 Å². The van der Waals surface area contributed by atoms with Crippen molar-refractivity contribution in [3.05, 3.63) is 53.6 Å². The monoisotopic (exact) mass is 492 g/mol. The van der Waals surface area contributed by atoms with Crippen molar-refractivity contribution in [1.29, 1.82) is 0 Å². The van der Waals surface area contributed by atoms with Crippen LogP contribution in [0.25, 0.3) is 0 Å². The van der Waals surface area contributed by atoms with E-state index >= 15 is 0 Å². The number of fused-ring (bicyclic) bond motifs is 2. The van der Waals surface area contributed by atoms with E-state index < -0.39 is 0 Å². The first-order chi connectivity index (χ1) is 13.2. The van der Waals surface area contributed by atoms with Crippen molar-refractivity contribution in [3.63, 3.8) is 0 Å². The van der Waals surface area contributed by atoms with Gasteiger partial charge in [0, 0.05) is 31.4 Å². The van der Waals surface area contributed by atoms with Crippen LogP contribution in [0.3, 0.4) is 0 Å². The van der Waals surface area contributed by atoms with Gasteiger partial charge >= 0.3 is 0 Å². The highest BCUT2D eigenvalue weighted by atomic mass is 127. The average Bonchev–Trinajstić information content (AvgIpc) is 3.12. The molecule has 2 N–H and O–H groups in total. The van der Waals surface area contributed by atoms with Gasteiger partial charge in [0.25, 0.3) is 0 Å². The maximum atomic E-state index is 11.4. The number of halogens is 1. The Balaban J connectivity index is 0.00000225. The molecule has 2 aromatic rings. The maximum Gasteiger partial charge on any atom is 0.224 e. The number of carbonyl (C=O) groups is 1. The molecule has 4 rings (SSSR count). The highest BCUT2D eigenvalue weighted by Gasteiger charge is 2.22. The molecule has 0 spiro atoms. The third-order valence-corrected chi connectivity index (χ3v) is 4.98. The number of guanidine groups is 1. The molecule has 6 nitrogen and oxygen atoms in total. The predicted molar refractivity (Wildman–Crippen MR) is 123 cm³/mol. The molecule has 0 fully saturated rings. The molecule has 2 heterocycles. The molecule has 0 bridgehead atoms. The van der Waals surface area contributed by atoms with Crippen LogP contribution in [0.2, 0.25) is 0 Å². The molecule has 0 atom stereocenters. The van der Waals surface area contributed by atoms with Crippen molar-refractivity contribution in [2.24, 2.45) is 4.99 Å². The second-order valence-corrected chi connectivity index (χ2v) is 6.72. The van der Waals surface area contributed by atoms with E-state index in [4.69, 9.17) is 4.74 Å². The topological polar surface area (TPSA) is 66.0 Å². The molecular weight excluding hydrogens is 467 g/mol. The Morgan fingerprint density at radius 1 is 1.18 bits per heavy atom. The van der Waals surface area contributed by atoms with Gasteiger partial charge in [-0.2, -0.15) is 0 Å². The lowest BCUT2D eigenvalue weighted by Gasteiger charge is -2.22. The van der Waals surface area contributed by atoms with Crippen LogP contribution in [-0.4, -0.2) is 38.6 Å². The Hall–Kier alpha value is -2.29. The van der Waals surface area contributed by atoms with Crippen molar-refractivity contribution in [2.75, 3.05) is 37.0 Å². The van der Waals surface area contributed by atoms with Gasteiger partial charge in [-0.3, -0.25) is 9.79 Å². The first-order valence-electron chi connectivity index (χ1n) is 9.36. The Kier molecular flexibility index (Phi) is 6.77. The largest absolute Gasteiger partial charge is 0.492 e. The maximum absolute atomic E-state index is 11.4. The zero-order valence-corrected chi connectivity index (χ0v) is 18.2. The summed E-state index contributed by atoms with van der Waals surface area (Å²) in [6.07, 6.45) is 2.34. The number of hydrogen-bond donors (Lipinski definition) is 2. The van der Waals surface area contributed by atoms with Crippen LogP contribution in [0.4, 0.5) is 11.4 Å². The van der Waals surface area contributed by atoms with Gasteiger partial charge in [0.2, 0.25) is 5.91 Å². The number of nitrogens with zero attached hydrogens (tertiary/aromatic N) is 2. The van der Waals surface area contributed by atoms with Gasteiger partial charge in [-0.25, -0.2) is 0 Å². The molecule has 0 aromatic heterocycles. The summed E-state index contributed by atoms with van der Waals surface area (Å²) in [4.78, 5) is 18.1. The number of anilines is 2. The first kappa shape index (κ1) is 20.4. The van der Waals surface area contributed by atoms with Crippen molar-refractivity contribution < 1.29 is 9.53 Å². The lowest BCUT2D eigenvalue weighted by Crippen LogP contribution is -2.42. The van der Waals surface area contributed by atoms with Crippen LogP contribution < -0.4 is 20.3 Å². The van der Waals surface area contributed by atoms with Gasteiger partial charge < -0.3 is 20.3 Å². The summed E-state index contributed by atoms with van der Waals surface area (Å²) >= 11 is 0. The summed E-state index contributed by atoms with van der Waals surface area (Å²) in [5, 5.41) is 6.27. The van der Waals surface area contributed by atoms with Crippen molar-refractivity contribution in [3.8, 4) is 5.75 Å². The van der Waals surface area contributed by atoms with Gasteiger partial charge in [0.15, 0.2) is 5.96 Å². The zero-order valence-electron chi connectivity index (χ0n) is 15.9. The number of aryl methyl sites for hydroxylation is 1. The first-order valence-corrected chi connectivity index (χ1v) is 9.36. The highest BCUT2D eigenvalue weighted by molar-refractivity contribution is 14.0. The van der Waals surface area contributed by atoms with Crippen molar-refractivity contribution in [1.82, 2.24) is 5.32 Å². The summed E-state index contributed by atoms with van der Waals surface area (Å²) in [5.41, 5.74) is 4.61. The summed E-state index contributed by atoms with van der Waals surface area (Å²) in [6, 6.07) is 14.3. The van der Waals surface area contributed by atoms with Crippen LogP contribution in [0.1, 0.15) is 17.5 Å². The fourth-order valence-electron chi connectivity index (χ4n) is 3.63. The second kappa shape index (κ2) is 9.27. The molecule has 0 radical (unpaired) electrons. The van der Waals surface area contributed by atoms with Crippen molar-refractivity contribution in [2.45, 2.75) is 19.3 Å². The quantitative estimate of drug-likeness (QED) is 0.298. The summed E-state index contributed by atoms with van der Waals surface area (Å²) in [5.74, 6) is 1.78. The van der Waals surface area contributed by atoms with Crippen LogP contribution in [0, 0.1) is 0 Å². The number of hydrogen-bond acceptors (Lipinski definition) is 3. The number of amides is 1. The lowest BCUT2D eigenvalue weighted by atomic mass is 10.0. The fraction of sp³-hybridized carbons (Fsp3) is 0.333. The van der Waals surface area contributed by atoms with Crippen LogP contribution in [-0.2, 0) is 17.6 Å².